The number of benzene rings is 3. The Balaban J connectivity index is 1.38. The molecule has 0 spiro atoms. The van der Waals surface area contributed by atoms with Gasteiger partial charge in [0.25, 0.3) is 5.91 Å². The molecule has 1 aromatic heterocycles. The third-order valence-corrected chi connectivity index (χ3v) is 5.03. The lowest BCUT2D eigenvalue weighted by Crippen LogP contribution is -2.18. The summed E-state index contributed by atoms with van der Waals surface area (Å²) in [5.41, 5.74) is 5.97. The van der Waals surface area contributed by atoms with E-state index in [1.807, 2.05) is 72.8 Å². The fourth-order valence-corrected chi connectivity index (χ4v) is 3.24. The Labute approximate surface area is 197 Å². The summed E-state index contributed by atoms with van der Waals surface area (Å²) in [4.78, 5) is 12.5. The van der Waals surface area contributed by atoms with E-state index in [2.05, 4.69) is 20.7 Å². The number of amides is 1. The summed E-state index contributed by atoms with van der Waals surface area (Å²) < 4.78 is 16.4. The Morgan fingerprint density at radius 1 is 0.971 bits per heavy atom. The third kappa shape index (κ3) is 5.60. The molecule has 4 aromatic rings. The number of hydrazone groups is 1. The lowest BCUT2D eigenvalue weighted by molar-refractivity contribution is 0.0950. The number of carbonyl (C=O) groups is 1. The van der Waals surface area contributed by atoms with Crippen LogP contribution in [0.5, 0.6) is 17.2 Å². The van der Waals surface area contributed by atoms with Crippen molar-refractivity contribution < 1.29 is 19.0 Å². The van der Waals surface area contributed by atoms with Gasteiger partial charge >= 0.3 is 0 Å². The summed E-state index contributed by atoms with van der Waals surface area (Å²) in [5, 5.41) is 11.0. The molecule has 0 radical (unpaired) electrons. The lowest BCUT2D eigenvalue weighted by atomic mass is 10.1. The molecule has 0 aliphatic rings. The highest BCUT2D eigenvalue weighted by atomic mass is 16.5. The molecule has 0 atom stereocenters. The summed E-state index contributed by atoms with van der Waals surface area (Å²) in [6, 6.07) is 24.2. The van der Waals surface area contributed by atoms with Crippen LogP contribution in [0.3, 0.4) is 0 Å². The maximum absolute atomic E-state index is 12.5. The second-order valence-electron chi connectivity index (χ2n) is 7.27. The Bertz CT molecular complexity index is 1270. The smallest absolute Gasteiger partial charge is 0.289 e. The van der Waals surface area contributed by atoms with Crippen LogP contribution in [0.1, 0.15) is 21.6 Å². The van der Waals surface area contributed by atoms with Crippen LogP contribution in [0.4, 0.5) is 0 Å². The number of aromatic nitrogens is 2. The first kappa shape index (κ1) is 22.6. The molecule has 1 heterocycles. The normalized spacial score (nSPS) is 10.8. The van der Waals surface area contributed by atoms with Crippen molar-refractivity contribution in [3.63, 3.8) is 0 Å². The van der Waals surface area contributed by atoms with E-state index in [0.29, 0.717) is 23.7 Å². The number of hydrogen-bond donors (Lipinski definition) is 2. The van der Waals surface area contributed by atoms with Crippen molar-refractivity contribution in [2.45, 2.75) is 6.61 Å². The zero-order valence-electron chi connectivity index (χ0n) is 18.8. The van der Waals surface area contributed by atoms with Gasteiger partial charge in [-0.1, -0.05) is 18.2 Å². The number of nitrogens with one attached hydrogen (secondary N) is 2. The number of H-pyrrole nitrogens is 1. The van der Waals surface area contributed by atoms with E-state index in [9.17, 15) is 4.79 Å². The molecule has 0 bridgehead atoms. The lowest BCUT2D eigenvalue weighted by Gasteiger charge is -2.11. The van der Waals surface area contributed by atoms with Crippen LogP contribution in [0.15, 0.2) is 84.0 Å². The van der Waals surface area contributed by atoms with Crippen molar-refractivity contribution in [2.24, 2.45) is 5.10 Å². The molecule has 0 aliphatic carbocycles. The number of rotatable bonds is 9. The Hall–Kier alpha value is -4.59. The molecule has 8 heteroatoms. The van der Waals surface area contributed by atoms with Gasteiger partial charge in [-0.15, -0.1) is 0 Å². The average molecular weight is 457 g/mol. The van der Waals surface area contributed by atoms with Crippen LogP contribution in [-0.4, -0.2) is 36.5 Å². The summed E-state index contributed by atoms with van der Waals surface area (Å²) in [5.74, 6) is 1.83. The first-order chi connectivity index (χ1) is 16.7. The van der Waals surface area contributed by atoms with Gasteiger partial charge < -0.3 is 14.2 Å². The number of nitrogens with zero attached hydrogens (tertiary/aromatic N) is 2. The SMILES string of the molecule is COc1ccc(-c2cc(C(=O)N/N=C/c3ccc(OC)c(COc4ccccc4)c3)[nH]n2)cc1. The Morgan fingerprint density at radius 2 is 1.76 bits per heavy atom. The van der Waals surface area contributed by atoms with Crippen molar-refractivity contribution >= 4 is 12.1 Å². The van der Waals surface area contributed by atoms with Crippen LogP contribution < -0.4 is 19.6 Å². The van der Waals surface area contributed by atoms with Crippen molar-refractivity contribution in [2.75, 3.05) is 14.2 Å². The summed E-state index contributed by atoms with van der Waals surface area (Å²) in [6.45, 7) is 0.337. The van der Waals surface area contributed by atoms with Gasteiger partial charge in [0, 0.05) is 11.1 Å². The van der Waals surface area contributed by atoms with Crippen LogP contribution in [0, 0.1) is 0 Å². The highest BCUT2D eigenvalue weighted by Crippen LogP contribution is 2.22. The van der Waals surface area contributed by atoms with Crippen molar-refractivity contribution in [3.05, 3.63) is 95.7 Å². The highest BCUT2D eigenvalue weighted by Gasteiger charge is 2.11. The minimum atomic E-state index is -0.398. The summed E-state index contributed by atoms with van der Waals surface area (Å²) in [7, 11) is 3.22. The van der Waals surface area contributed by atoms with Gasteiger partial charge in [-0.3, -0.25) is 9.89 Å². The van der Waals surface area contributed by atoms with Crippen LogP contribution in [0.2, 0.25) is 0 Å². The first-order valence-corrected chi connectivity index (χ1v) is 10.5. The van der Waals surface area contributed by atoms with Crippen LogP contribution in [0.25, 0.3) is 11.3 Å². The fraction of sp³-hybridized carbons (Fsp3) is 0.115. The third-order valence-electron chi connectivity index (χ3n) is 5.03. The summed E-state index contributed by atoms with van der Waals surface area (Å²) in [6.07, 6.45) is 1.56. The zero-order chi connectivity index (χ0) is 23.8. The monoisotopic (exact) mass is 456 g/mol. The second kappa shape index (κ2) is 10.8. The molecular formula is C26H24N4O4. The highest BCUT2D eigenvalue weighted by molar-refractivity contribution is 5.94. The number of hydrogen-bond acceptors (Lipinski definition) is 6. The molecule has 8 nitrogen and oxygen atoms in total. The minimum Gasteiger partial charge on any atom is -0.497 e. The zero-order valence-corrected chi connectivity index (χ0v) is 18.8. The number of carbonyl (C=O) groups excluding carboxylic acids is 1. The van der Waals surface area contributed by atoms with Gasteiger partial charge in [-0.25, -0.2) is 5.43 Å². The molecule has 172 valence electrons. The topological polar surface area (TPSA) is 97.8 Å². The van der Waals surface area contributed by atoms with Crippen molar-refractivity contribution in [1.29, 1.82) is 0 Å². The predicted molar refractivity (Wildman–Crippen MR) is 129 cm³/mol. The molecule has 34 heavy (non-hydrogen) atoms. The molecule has 3 aromatic carbocycles. The molecule has 4 rings (SSSR count). The summed E-state index contributed by atoms with van der Waals surface area (Å²) >= 11 is 0. The molecule has 0 aliphatic heterocycles. The van der Waals surface area contributed by atoms with E-state index in [-0.39, 0.29) is 0 Å². The maximum Gasteiger partial charge on any atom is 0.289 e. The van der Waals surface area contributed by atoms with Crippen molar-refractivity contribution in [1.82, 2.24) is 15.6 Å². The van der Waals surface area contributed by atoms with Crippen LogP contribution >= 0.6 is 0 Å². The molecule has 0 fully saturated rings. The van der Waals surface area contributed by atoms with Gasteiger partial charge in [0.05, 0.1) is 26.1 Å². The van der Waals surface area contributed by atoms with E-state index in [1.165, 1.54) is 0 Å². The predicted octanol–water partition coefficient (Wildman–Crippen LogP) is 4.44. The molecule has 0 saturated heterocycles. The average Bonchev–Trinajstić information content (AvgIpc) is 3.39. The first-order valence-electron chi connectivity index (χ1n) is 10.5. The molecular weight excluding hydrogens is 432 g/mol. The van der Waals surface area contributed by atoms with E-state index in [1.54, 1.807) is 26.5 Å². The maximum atomic E-state index is 12.5. The number of aromatic amines is 1. The Morgan fingerprint density at radius 3 is 2.50 bits per heavy atom. The molecule has 2 N–H and O–H groups in total. The van der Waals surface area contributed by atoms with E-state index >= 15 is 0 Å². The van der Waals surface area contributed by atoms with Gasteiger partial charge in [-0.2, -0.15) is 10.2 Å². The van der Waals surface area contributed by atoms with Gasteiger partial charge in [0.1, 0.15) is 29.5 Å². The van der Waals surface area contributed by atoms with Gasteiger partial charge in [0.2, 0.25) is 0 Å². The standard InChI is InChI=1S/C26H24N4O4/c1-32-21-11-9-19(10-12-21)23-15-24(29-28-23)26(31)30-27-16-18-8-13-25(33-2)20(14-18)17-34-22-6-4-3-5-7-22/h3-16H,17H2,1-2H3,(H,28,29)(H,30,31)/b27-16+. The number of ether oxygens (including phenoxy) is 3. The van der Waals surface area contributed by atoms with Gasteiger partial charge in [-0.05, 0) is 66.2 Å². The largest absolute Gasteiger partial charge is 0.497 e. The molecule has 0 saturated carbocycles. The van der Waals surface area contributed by atoms with E-state index in [0.717, 1.165) is 28.2 Å². The second-order valence-corrected chi connectivity index (χ2v) is 7.27. The Kier molecular flexibility index (Phi) is 7.19. The van der Waals surface area contributed by atoms with E-state index in [4.69, 9.17) is 14.2 Å². The van der Waals surface area contributed by atoms with Gasteiger partial charge in [0.15, 0.2) is 0 Å². The molecule has 0 unspecified atom stereocenters. The number of methoxy groups -OCH3 is 2. The van der Waals surface area contributed by atoms with E-state index < -0.39 is 5.91 Å². The molecule has 1 amide bonds. The van der Waals surface area contributed by atoms with Crippen molar-refractivity contribution in [3.8, 4) is 28.5 Å². The number of para-hydroxylation sites is 1. The van der Waals surface area contributed by atoms with Crippen LogP contribution in [-0.2, 0) is 6.61 Å². The quantitative estimate of drug-likeness (QED) is 0.287. The minimum absolute atomic E-state index is 0.301. The fourth-order valence-electron chi connectivity index (χ4n) is 3.24.